The second-order valence-corrected chi connectivity index (χ2v) is 5.85. The zero-order valence-electron chi connectivity index (χ0n) is 11.8. The number of aromatic amines is 1. The van der Waals surface area contributed by atoms with Gasteiger partial charge in [-0.3, -0.25) is 0 Å². The highest BCUT2D eigenvalue weighted by Crippen LogP contribution is 2.36. The summed E-state index contributed by atoms with van der Waals surface area (Å²) < 4.78 is 5.42. The maximum Gasteiger partial charge on any atom is 0.336 e. The number of aryl methyl sites for hydroxylation is 4. The molecule has 1 aliphatic rings. The van der Waals surface area contributed by atoms with Crippen molar-refractivity contribution in [2.75, 3.05) is 0 Å². The van der Waals surface area contributed by atoms with Gasteiger partial charge < -0.3 is 9.40 Å². The summed E-state index contributed by atoms with van der Waals surface area (Å²) in [4.78, 5) is 15.2. The third-order valence-electron chi connectivity index (χ3n) is 4.47. The minimum absolute atomic E-state index is 0.266. The third-order valence-corrected chi connectivity index (χ3v) is 4.47. The van der Waals surface area contributed by atoms with Crippen molar-refractivity contribution < 1.29 is 4.42 Å². The fraction of sp³-hybridized carbons (Fsp3) is 0.353. The SMILES string of the molecule is Cc1cc2oc(=O)cc(C)c2c2c3c([nH]c12)CCCC3. The normalized spacial score (nSPS) is 14.9. The molecule has 0 atom stereocenters. The van der Waals surface area contributed by atoms with Crippen molar-refractivity contribution in [3.8, 4) is 0 Å². The fourth-order valence-corrected chi connectivity index (χ4v) is 3.58. The molecule has 0 saturated carbocycles. The van der Waals surface area contributed by atoms with Crippen LogP contribution in [0.1, 0.15) is 35.2 Å². The van der Waals surface area contributed by atoms with Crippen molar-refractivity contribution in [3.05, 3.63) is 44.9 Å². The van der Waals surface area contributed by atoms with Gasteiger partial charge in [0, 0.05) is 28.0 Å². The lowest BCUT2D eigenvalue weighted by molar-refractivity contribution is 0.560. The lowest BCUT2D eigenvalue weighted by Gasteiger charge is -2.11. The topological polar surface area (TPSA) is 46.0 Å². The Bertz CT molecular complexity index is 899. The Morgan fingerprint density at radius 3 is 2.70 bits per heavy atom. The highest BCUT2D eigenvalue weighted by Gasteiger charge is 2.20. The molecule has 3 heteroatoms. The fourth-order valence-electron chi connectivity index (χ4n) is 3.58. The first-order valence-corrected chi connectivity index (χ1v) is 7.22. The van der Waals surface area contributed by atoms with Crippen LogP contribution in [0.2, 0.25) is 0 Å². The standard InChI is InChI=1S/C17H17NO2/c1-9-8-14(19)20-13-7-10(2)17-16(15(9)13)11-5-3-4-6-12(11)18-17/h7-8,18H,3-6H2,1-2H3. The molecular weight excluding hydrogens is 250 g/mol. The smallest absolute Gasteiger partial charge is 0.336 e. The molecule has 1 aliphatic carbocycles. The van der Waals surface area contributed by atoms with Gasteiger partial charge in [-0.25, -0.2) is 4.79 Å². The van der Waals surface area contributed by atoms with E-state index in [4.69, 9.17) is 4.42 Å². The molecule has 0 spiro atoms. The third kappa shape index (κ3) is 1.49. The van der Waals surface area contributed by atoms with Crippen LogP contribution in [-0.2, 0) is 12.8 Å². The molecule has 20 heavy (non-hydrogen) atoms. The lowest BCUT2D eigenvalue weighted by Crippen LogP contribution is -2.01. The summed E-state index contributed by atoms with van der Waals surface area (Å²) in [6.45, 7) is 4.07. The molecule has 102 valence electrons. The van der Waals surface area contributed by atoms with Crippen LogP contribution in [0.3, 0.4) is 0 Å². The zero-order chi connectivity index (χ0) is 13.9. The van der Waals surface area contributed by atoms with Gasteiger partial charge >= 0.3 is 5.63 Å². The van der Waals surface area contributed by atoms with Crippen molar-refractivity contribution in [1.29, 1.82) is 0 Å². The number of fused-ring (bicyclic) bond motifs is 5. The van der Waals surface area contributed by atoms with Gasteiger partial charge in [-0.05, 0) is 62.3 Å². The summed E-state index contributed by atoms with van der Waals surface area (Å²) in [5, 5.41) is 2.38. The first-order valence-electron chi connectivity index (χ1n) is 7.22. The van der Waals surface area contributed by atoms with E-state index in [0.29, 0.717) is 5.58 Å². The Balaban J connectivity index is 2.28. The summed E-state index contributed by atoms with van der Waals surface area (Å²) in [5.74, 6) is 0. The van der Waals surface area contributed by atoms with Crippen LogP contribution < -0.4 is 5.63 Å². The molecule has 2 heterocycles. The van der Waals surface area contributed by atoms with Crippen molar-refractivity contribution in [2.45, 2.75) is 39.5 Å². The molecular formula is C17H17NO2. The number of nitrogens with one attached hydrogen (secondary N) is 1. The number of hydrogen-bond acceptors (Lipinski definition) is 2. The Hall–Kier alpha value is -2.03. The van der Waals surface area contributed by atoms with Crippen molar-refractivity contribution in [2.24, 2.45) is 0 Å². The summed E-state index contributed by atoms with van der Waals surface area (Å²) in [6, 6.07) is 3.58. The summed E-state index contributed by atoms with van der Waals surface area (Å²) in [7, 11) is 0. The lowest BCUT2D eigenvalue weighted by atomic mass is 9.92. The van der Waals surface area contributed by atoms with E-state index in [2.05, 4.69) is 11.9 Å². The molecule has 0 radical (unpaired) electrons. The summed E-state index contributed by atoms with van der Waals surface area (Å²) in [5.41, 5.74) is 6.61. The number of hydrogen-bond donors (Lipinski definition) is 1. The maximum absolute atomic E-state index is 11.6. The van der Waals surface area contributed by atoms with E-state index in [1.54, 1.807) is 6.07 Å². The van der Waals surface area contributed by atoms with Crippen molar-refractivity contribution >= 4 is 21.9 Å². The predicted molar refractivity (Wildman–Crippen MR) is 80.5 cm³/mol. The molecule has 0 aliphatic heterocycles. The Labute approximate surface area is 116 Å². The Morgan fingerprint density at radius 2 is 1.85 bits per heavy atom. The second-order valence-electron chi connectivity index (χ2n) is 5.85. The van der Waals surface area contributed by atoms with Gasteiger partial charge in [0.1, 0.15) is 5.58 Å². The van der Waals surface area contributed by atoms with Gasteiger partial charge in [-0.15, -0.1) is 0 Å². The summed E-state index contributed by atoms with van der Waals surface area (Å²) >= 11 is 0. The van der Waals surface area contributed by atoms with E-state index < -0.39 is 0 Å². The highest BCUT2D eigenvalue weighted by molar-refractivity contribution is 6.09. The molecule has 3 nitrogen and oxygen atoms in total. The minimum atomic E-state index is -0.266. The number of H-pyrrole nitrogens is 1. The van der Waals surface area contributed by atoms with Crippen LogP contribution >= 0.6 is 0 Å². The van der Waals surface area contributed by atoms with Crippen molar-refractivity contribution in [3.63, 3.8) is 0 Å². The monoisotopic (exact) mass is 267 g/mol. The quantitative estimate of drug-likeness (QED) is 0.630. The van der Waals surface area contributed by atoms with Gasteiger partial charge in [0.05, 0.1) is 0 Å². The number of aromatic nitrogens is 1. The van der Waals surface area contributed by atoms with Crippen molar-refractivity contribution in [1.82, 2.24) is 4.98 Å². The van der Waals surface area contributed by atoms with Crippen LogP contribution in [-0.4, -0.2) is 4.98 Å². The molecule has 0 amide bonds. The number of rotatable bonds is 0. The van der Waals surface area contributed by atoms with E-state index >= 15 is 0 Å². The molecule has 0 fully saturated rings. The van der Waals surface area contributed by atoms with E-state index in [-0.39, 0.29) is 5.63 Å². The highest BCUT2D eigenvalue weighted by atomic mass is 16.4. The second kappa shape index (κ2) is 3.98. The molecule has 2 aromatic heterocycles. The van der Waals surface area contributed by atoms with Gasteiger partial charge in [0.2, 0.25) is 0 Å². The summed E-state index contributed by atoms with van der Waals surface area (Å²) in [6.07, 6.45) is 4.74. The van der Waals surface area contributed by atoms with Gasteiger partial charge in [0.25, 0.3) is 0 Å². The zero-order valence-corrected chi connectivity index (χ0v) is 11.8. The van der Waals surface area contributed by atoms with Crippen LogP contribution in [0.25, 0.3) is 21.9 Å². The van der Waals surface area contributed by atoms with E-state index in [0.717, 1.165) is 29.4 Å². The van der Waals surface area contributed by atoms with Crippen LogP contribution in [0.5, 0.6) is 0 Å². The molecule has 4 rings (SSSR count). The first-order chi connectivity index (χ1) is 9.65. The molecule has 0 saturated heterocycles. The van der Waals surface area contributed by atoms with Crippen LogP contribution in [0.4, 0.5) is 0 Å². The predicted octanol–water partition coefficient (Wildman–Crippen LogP) is 3.77. The van der Waals surface area contributed by atoms with E-state index in [9.17, 15) is 4.79 Å². The van der Waals surface area contributed by atoms with Gasteiger partial charge in [-0.2, -0.15) is 0 Å². The van der Waals surface area contributed by atoms with Gasteiger partial charge in [-0.1, -0.05) is 0 Å². The van der Waals surface area contributed by atoms with Gasteiger partial charge in [0.15, 0.2) is 0 Å². The Morgan fingerprint density at radius 1 is 1.05 bits per heavy atom. The average Bonchev–Trinajstić information content (AvgIpc) is 2.78. The molecule has 1 N–H and O–H groups in total. The largest absolute Gasteiger partial charge is 0.423 e. The van der Waals surface area contributed by atoms with Crippen LogP contribution in [0.15, 0.2) is 21.3 Å². The molecule has 0 unspecified atom stereocenters. The Kier molecular flexibility index (Phi) is 2.34. The molecule has 0 bridgehead atoms. The molecule has 1 aromatic carbocycles. The maximum atomic E-state index is 11.6. The van der Waals surface area contributed by atoms with E-state index in [1.807, 2.05) is 13.0 Å². The van der Waals surface area contributed by atoms with E-state index in [1.165, 1.54) is 35.0 Å². The first kappa shape index (κ1) is 11.8. The minimum Gasteiger partial charge on any atom is -0.423 e. The molecule has 3 aromatic rings. The van der Waals surface area contributed by atoms with Crippen LogP contribution in [0, 0.1) is 13.8 Å². The number of benzene rings is 1. The average molecular weight is 267 g/mol.